The van der Waals surface area contributed by atoms with E-state index in [4.69, 9.17) is 13.8 Å². The highest BCUT2D eigenvalue weighted by Crippen LogP contribution is 2.42. The van der Waals surface area contributed by atoms with Crippen LogP contribution in [0.2, 0.25) is 0 Å². The van der Waals surface area contributed by atoms with Crippen molar-refractivity contribution in [2.75, 3.05) is 26.4 Å². The monoisotopic (exact) mass is 764 g/mol. The predicted molar refractivity (Wildman–Crippen MR) is 219 cm³/mol. The molecule has 0 bridgehead atoms. The van der Waals surface area contributed by atoms with Crippen molar-refractivity contribution >= 4 is 19.7 Å². The lowest BCUT2D eigenvalue weighted by Crippen LogP contribution is -2.27. The van der Waals surface area contributed by atoms with Crippen molar-refractivity contribution in [3.8, 4) is 0 Å². The van der Waals surface area contributed by atoms with E-state index in [0.29, 0.717) is 12.8 Å². The first-order valence-electron chi connectivity index (χ1n) is 20.4. The molecule has 0 heterocycles. The van der Waals surface area contributed by atoms with E-state index in [1.807, 2.05) is 6.08 Å². The number of phosphoric ester groups is 1. The zero-order chi connectivity index (χ0) is 38.9. The molecule has 0 aliphatic carbocycles. The van der Waals surface area contributed by atoms with Crippen LogP contribution in [0.25, 0.3) is 0 Å². The van der Waals surface area contributed by atoms with Gasteiger partial charge in [0.05, 0.1) is 13.2 Å². The van der Waals surface area contributed by atoms with Crippen molar-refractivity contribution in [1.29, 1.82) is 0 Å². The fraction of sp³-hybridized carbons (Fsp3) is 0.674. The summed E-state index contributed by atoms with van der Waals surface area (Å²) in [4.78, 5) is 33.8. The summed E-state index contributed by atoms with van der Waals surface area (Å²) in [5.41, 5.74) is 0. The number of rotatable bonds is 37. The van der Waals surface area contributed by atoms with Gasteiger partial charge in [0.1, 0.15) is 12.7 Å². The number of phosphoric acid groups is 1. The van der Waals surface area contributed by atoms with Crippen LogP contribution in [0.1, 0.15) is 155 Å². The maximum atomic E-state index is 12.1. The van der Waals surface area contributed by atoms with Crippen molar-refractivity contribution in [1.82, 2.24) is 5.32 Å². The molecule has 304 valence electrons. The number of allylic oxidation sites excluding steroid dienone is 12. The van der Waals surface area contributed by atoms with Gasteiger partial charge in [0.15, 0.2) is 0 Å². The molecule has 9 nitrogen and oxygen atoms in total. The van der Waals surface area contributed by atoms with Crippen molar-refractivity contribution in [2.24, 2.45) is 0 Å². The molecular formula is C43H74NO8P. The van der Waals surface area contributed by atoms with Gasteiger partial charge in [-0.1, -0.05) is 138 Å². The predicted octanol–water partition coefficient (Wildman–Crippen LogP) is 11.1. The van der Waals surface area contributed by atoms with Gasteiger partial charge in [-0.05, 0) is 77.0 Å². The summed E-state index contributed by atoms with van der Waals surface area (Å²) in [5, 5.41) is 12.7. The number of unbranched alkanes of at least 4 members (excludes halogenated alkanes) is 12. The molecule has 1 amide bonds. The lowest BCUT2D eigenvalue weighted by Gasteiger charge is -2.15. The molecule has 53 heavy (non-hydrogen) atoms. The van der Waals surface area contributed by atoms with Gasteiger partial charge in [-0.2, -0.15) is 0 Å². The summed E-state index contributed by atoms with van der Waals surface area (Å²) < 4.78 is 26.8. The SMILES string of the molecule is CC/C=C\C/C=C\C/C=C\C/C=C\C/C=C\CCCC(=O)OCC(O)COP(=O)(O)OCCNC(=O)CCCCCCC/C=C\CCCCCCCC. The zero-order valence-corrected chi connectivity index (χ0v) is 34.1. The fourth-order valence-corrected chi connectivity index (χ4v) is 5.81. The van der Waals surface area contributed by atoms with Crippen LogP contribution in [-0.4, -0.2) is 54.3 Å². The van der Waals surface area contributed by atoms with Gasteiger partial charge in [-0.3, -0.25) is 18.6 Å². The normalized spacial score (nSPS) is 14.1. The second kappa shape index (κ2) is 39.2. The molecule has 0 saturated heterocycles. The molecule has 2 atom stereocenters. The third kappa shape index (κ3) is 40.5. The summed E-state index contributed by atoms with van der Waals surface area (Å²) in [6.45, 7) is 3.34. The molecule has 0 aromatic carbocycles. The Labute approximate surface area is 322 Å². The smallest absolute Gasteiger partial charge is 0.463 e. The highest BCUT2D eigenvalue weighted by molar-refractivity contribution is 7.47. The molecule has 0 spiro atoms. The van der Waals surface area contributed by atoms with E-state index in [1.165, 1.54) is 51.4 Å². The maximum Gasteiger partial charge on any atom is 0.472 e. The minimum absolute atomic E-state index is 0.0671. The summed E-state index contributed by atoms with van der Waals surface area (Å²) in [6, 6.07) is 0. The van der Waals surface area contributed by atoms with E-state index in [0.717, 1.165) is 70.6 Å². The van der Waals surface area contributed by atoms with Crippen molar-refractivity contribution in [3.05, 3.63) is 72.9 Å². The van der Waals surface area contributed by atoms with Crippen LogP contribution in [0.4, 0.5) is 0 Å². The highest BCUT2D eigenvalue weighted by Gasteiger charge is 2.23. The average molecular weight is 764 g/mol. The van der Waals surface area contributed by atoms with Gasteiger partial charge in [-0.15, -0.1) is 0 Å². The Kier molecular flexibility index (Phi) is 37.3. The lowest BCUT2D eigenvalue weighted by molar-refractivity contribution is -0.147. The molecule has 0 aliphatic rings. The van der Waals surface area contributed by atoms with Gasteiger partial charge in [-0.25, -0.2) is 4.57 Å². The first-order valence-corrected chi connectivity index (χ1v) is 21.9. The molecule has 0 radical (unpaired) electrons. The molecule has 0 aliphatic heterocycles. The topological polar surface area (TPSA) is 131 Å². The molecule has 0 aromatic rings. The maximum absolute atomic E-state index is 12.1. The van der Waals surface area contributed by atoms with Crippen LogP contribution in [-0.2, 0) is 27.9 Å². The zero-order valence-electron chi connectivity index (χ0n) is 33.2. The van der Waals surface area contributed by atoms with Crippen LogP contribution >= 0.6 is 7.82 Å². The van der Waals surface area contributed by atoms with E-state index < -0.39 is 26.5 Å². The molecular weight excluding hydrogens is 689 g/mol. The molecule has 3 N–H and O–H groups in total. The second-order valence-electron chi connectivity index (χ2n) is 13.2. The van der Waals surface area contributed by atoms with Crippen LogP contribution in [0.15, 0.2) is 72.9 Å². The Bertz CT molecular complexity index is 1100. The average Bonchev–Trinajstić information content (AvgIpc) is 3.14. The van der Waals surface area contributed by atoms with Crippen LogP contribution in [0.5, 0.6) is 0 Å². The van der Waals surface area contributed by atoms with Gasteiger partial charge in [0.2, 0.25) is 5.91 Å². The molecule has 0 rings (SSSR count). The Balaban J connectivity index is 3.72. The van der Waals surface area contributed by atoms with Crippen molar-refractivity contribution in [2.45, 2.75) is 161 Å². The van der Waals surface area contributed by atoms with Gasteiger partial charge < -0.3 is 20.1 Å². The van der Waals surface area contributed by atoms with E-state index >= 15 is 0 Å². The number of carbonyl (C=O) groups excluding carboxylic acids is 2. The quantitative estimate of drug-likeness (QED) is 0.0247. The first kappa shape index (κ1) is 50.5. The largest absolute Gasteiger partial charge is 0.472 e. The number of nitrogens with one attached hydrogen (secondary N) is 1. The lowest BCUT2D eigenvalue weighted by atomic mass is 10.1. The van der Waals surface area contributed by atoms with E-state index in [-0.39, 0.29) is 32.1 Å². The minimum atomic E-state index is -4.43. The second-order valence-corrected chi connectivity index (χ2v) is 14.7. The van der Waals surface area contributed by atoms with E-state index in [2.05, 4.69) is 86.0 Å². The van der Waals surface area contributed by atoms with Crippen LogP contribution in [0, 0.1) is 0 Å². The number of ether oxygens (including phenoxy) is 1. The van der Waals surface area contributed by atoms with Gasteiger partial charge >= 0.3 is 13.8 Å². The Hall–Kier alpha value is -2.55. The first-order chi connectivity index (χ1) is 25.8. The summed E-state index contributed by atoms with van der Waals surface area (Å²) in [7, 11) is -4.43. The van der Waals surface area contributed by atoms with Gasteiger partial charge in [0, 0.05) is 19.4 Å². The third-order valence-electron chi connectivity index (χ3n) is 8.12. The number of aliphatic hydroxyl groups is 1. The summed E-state index contributed by atoms with van der Waals surface area (Å²) >= 11 is 0. The Morgan fingerprint density at radius 3 is 1.68 bits per heavy atom. The molecule has 10 heteroatoms. The van der Waals surface area contributed by atoms with Gasteiger partial charge in [0.25, 0.3) is 0 Å². The molecule has 0 fully saturated rings. The number of aliphatic hydroxyl groups excluding tert-OH is 1. The Morgan fingerprint density at radius 2 is 1.09 bits per heavy atom. The molecule has 0 saturated carbocycles. The van der Waals surface area contributed by atoms with Crippen LogP contribution in [0.3, 0.4) is 0 Å². The Morgan fingerprint density at radius 1 is 0.604 bits per heavy atom. The number of amides is 1. The summed E-state index contributed by atoms with van der Waals surface area (Å²) in [5.74, 6) is -0.590. The number of esters is 1. The number of hydrogen-bond donors (Lipinski definition) is 3. The van der Waals surface area contributed by atoms with E-state index in [1.54, 1.807) is 0 Å². The molecule has 2 unspecified atom stereocenters. The highest BCUT2D eigenvalue weighted by atomic mass is 31.2. The standard InChI is InChI=1S/C43H74NO8P/c1-3-5-7-9-11-13-15-17-19-20-22-24-26-28-30-32-34-36-43(47)50-39-41(45)40-52-53(48,49)51-38-37-44-42(46)35-33-31-29-27-25-23-21-18-16-14-12-10-8-6-4-2/h5,7,11,13,17-19,21-22,24,28,30,41,45H,3-4,6,8-10,12,14-16,20,23,25-27,29,31-40H2,1-2H3,(H,44,46)(H,48,49)/b7-5-,13-11-,19-17-,21-18-,24-22-,30-28-. The van der Waals surface area contributed by atoms with Crippen LogP contribution < -0.4 is 5.32 Å². The molecule has 0 aromatic heterocycles. The van der Waals surface area contributed by atoms with Crippen molar-refractivity contribution < 1.29 is 37.9 Å². The van der Waals surface area contributed by atoms with Crippen molar-refractivity contribution in [3.63, 3.8) is 0 Å². The minimum Gasteiger partial charge on any atom is -0.463 e. The summed E-state index contributed by atoms with van der Waals surface area (Å²) in [6.07, 6.45) is 46.9. The number of carbonyl (C=O) groups is 2. The fourth-order valence-electron chi connectivity index (χ4n) is 5.06. The van der Waals surface area contributed by atoms with E-state index in [9.17, 15) is 24.2 Å². The third-order valence-corrected chi connectivity index (χ3v) is 9.10. The number of hydrogen-bond acceptors (Lipinski definition) is 7.